The fourth-order valence-electron chi connectivity index (χ4n) is 3.86. The number of carbonyl (C=O) groups excluding carboxylic acids is 2. The number of aromatic nitrogens is 3. The van der Waals surface area contributed by atoms with E-state index in [0.29, 0.717) is 37.5 Å². The van der Waals surface area contributed by atoms with Gasteiger partial charge in [0.15, 0.2) is 5.56 Å². The van der Waals surface area contributed by atoms with E-state index in [4.69, 9.17) is 4.74 Å². The van der Waals surface area contributed by atoms with Crippen LogP contribution in [0, 0.1) is 5.92 Å². The molecule has 2 N–H and O–H groups in total. The van der Waals surface area contributed by atoms with E-state index in [1.54, 1.807) is 11.0 Å². The van der Waals surface area contributed by atoms with Gasteiger partial charge in [-0.1, -0.05) is 13.8 Å². The molecule has 2 aromatic rings. The van der Waals surface area contributed by atoms with E-state index >= 15 is 0 Å². The predicted molar refractivity (Wildman–Crippen MR) is 117 cm³/mol. The third kappa shape index (κ3) is 4.27. The van der Waals surface area contributed by atoms with Crippen LogP contribution in [0.3, 0.4) is 0 Å². The lowest BCUT2D eigenvalue weighted by molar-refractivity contribution is -0.133. The van der Waals surface area contributed by atoms with Gasteiger partial charge in [-0.25, -0.2) is 0 Å². The SMILES string of the molecule is CC(C)Cn1c(=O)c(C(=O)NC2CC2)c(O)n2ncc(/C=C/C(=O)N3CCOC[C@H]3C)c12. The molecule has 4 rings (SSSR count). The van der Waals surface area contributed by atoms with E-state index in [2.05, 4.69) is 10.4 Å². The second kappa shape index (κ2) is 8.78. The van der Waals surface area contributed by atoms with Crippen molar-refractivity contribution < 1.29 is 19.4 Å². The van der Waals surface area contributed by atoms with Crippen molar-refractivity contribution in [3.63, 3.8) is 0 Å². The van der Waals surface area contributed by atoms with E-state index < -0.39 is 17.3 Å². The third-order valence-electron chi connectivity index (χ3n) is 5.65. The van der Waals surface area contributed by atoms with Gasteiger partial charge in [0.25, 0.3) is 11.5 Å². The van der Waals surface area contributed by atoms with E-state index in [9.17, 15) is 19.5 Å². The van der Waals surface area contributed by atoms with Gasteiger partial charge in [-0.15, -0.1) is 0 Å². The molecule has 10 nitrogen and oxygen atoms in total. The highest BCUT2D eigenvalue weighted by atomic mass is 16.5. The van der Waals surface area contributed by atoms with E-state index in [1.807, 2.05) is 20.8 Å². The predicted octanol–water partition coefficient (Wildman–Crippen LogP) is 1.01. The molecule has 0 spiro atoms. The first-order chi connectivity index (χ1) is 15.3. The zero-order valence-electron chi connectivity index (χ0n) is 18.6. The number of rotatable bonds is 6. The van der Waals surface area contributed by atoms with Crippen LogP contribution in [0.4, 0.5) is 0 Å². The van der Waals surface area contributed by atoms with E-state index in [1.165, 1.54) is 21.4 Å². The molecule has 3 heterocycles. The van der Waals surface area contributed by atoms with Crippen molar-refractivity contribution in [3.05, 3.63) is 33.8 Å². The summed E-state index contributed by atoms with van der Waals surface area (Å²) in [4.78, 5) is 40.3. The molecule has 1 aliphatic carbocycles. The molecule has 2 aliphatic rings. The Bertz CT molecular complexity index is 1130. The summed E-state index contributed by atoms with van der Waals surface area (Å²) in [7, 11) is 0. The van der Waals surface area contributed by atoms with Gasteiger partial charge in [0.1, 0.15) is 5.65 Å². The molecule has 2 fully saturated rings. The zero-order valence-corrected chi connectivity index (χ0v) is 18.6. The molecule has 10 heteroatoms. The summed E-state index contributed by atoms with van der Waals surface area (Å²) in [6.07, 6.45) is 6.23. The van der Waals surface area contributed by atoms with Gasteiger partial charge in [0, 0.05) is 30.8 Å². The first-order valence-corrected chi connectivity index (χ1v) is 11.0. The smallest absolute Gasteiger partial charge is 0.270 e. The Kier molecular flexibility index (Phi) is 6.05. The summed E-state index contributed by atoms with van der Waals surface area (Å²) in [6.45, 7) is 7.65. The maximum Gasteiger partial charge on any atom is 0.270 e. The number of carbonyl (C=O) groups is 2. The normalized spacial score (nSPS) is 19.2. The maximum absolute atomic E-state index is 13.2. The number of nitrogens with zero attached hydrogens (tertiary/aromatic N) is 4. The van der Waals surface area contributed by atoms with Crippen LogP contribution in [-0.2, 0) is 16.1 Å². The number of fused-ring (bicyclic) bond motifs is 1. The van der Waals surface area contributed by atoms with Crippen molar-refractivity contribution in [3.8, 4) is 5.88 Å². The highest BCUT2D eigenvalue weighted by Crippen LogP contribution is 2.23. The second-order valence-electron chi connectivity index (χ2n) is 8.88. The Hall–Kier alpha value is -3.14. The summed E-state index contributed by atoms with van der Waals surface area (Å²) in [5.74, 6) is -1.17. The third-order valence-corrected chi connectivity index (χ3v) is 5.65. The molecule has 0 unspecified atom stereocenters. The number of hydrogen-bond acceptors (Lipinski definition) is 6. The van der Waals surface area contributed by atoms with Crippen molar-refractivity contribution >= 4 is 23.5 Å². The van der Waals surface area contributed by atoms with Crippen LogP contribution in [0.1, 0.15) is 49.5 Å². The van der Waals surface area contributed by atoms with Gasteiger partial charge in [-0.3, -0.25) is 19.0 Å². The highest BCUT2D eigenvalue weighted by Gasteiger charge is 2.30. The van der Waals surface area contributed by atoms with Crippen LogP contribution >= 0.6 is 0 Å². The standard InChI is InChI=1S/C22H29N5O5/c1-13(2)11-26-20-15(4-7-17(28)25-8-9-32-12-14(25)3)10-23-27(20)22(31)18(21(26)30)19(29)24-16-5-6-16/h4,7,10,13-14,16,31H,5-6,8-9,11-12H2,1-3H3,(H,24,29)/b7-4+/t14-/m1/s1. The number of aromatic hydroxyl groups is 1. The van der Waals surface area contributed by atoms with Gasteiger partial charge in [0.05, 0.1) is 25.5 Å². The Labute approximate surface area is 185 Å². The lowest BCUT2D eigenvalue weighted by atomic mass is 10.2. The van der Waals surface area contributed by atoms with Gasteiger partial charge >= 0.3 is 0 Å². The molecule has 0 radical (unpaired) electrons. The number of nitrogens with one attached hydrogen (secondary N) is 1. The first-order valence-electron chi connectivity index (χ1n) is 11.0. The minimum absolute atomic E-state index is 0.0273. The average molecular weight is 444 g/mol. The zero-order chi connectivity index (χ0) is 23.0. The summed E-state index contributed by atoms with van der Waals surface area (Å²) in [6, 6.07) is 0.0146. The monoisotopic (exact) mass is 443 g/mol. The topological polar surface area (TPSA) is 118 Å². The van der Waals surface area contributed by atoms with Crippen LogP contribution < -0.4 is 10.9 Å². The number of morpholine rings is 1. The number of ether oxygens (including phenoxy) is 1. The Morgan fingerprint density at radius 3 is 2.78 bits per heavy atom. The van der Waals surface area contributed by atoms with Crippen molar-refractivity contribution in [1.82, 2.24) is 24.4 Å². The van der Waals surface area contributed by atoms with Gasteiger partial charge < -0.3 is 20.1 Å². The van der Waals surface area contributed by atoms with Crippen molar-refractivity contribution in [2.24, 2.45) is 5.92 Å². The molecule has 1 atom stereocenters. The van der Waals surface area contributed by atoms with E-state index in [-0.39, 0.29) is 29.5 Å². The first kappa shape index (κ1) is 22.1. The minimum atomic E-state index is -0.599. The molecule has 172 valence electrons. The van der Waals surface area contributed by atoms with Crippen LogP contribution in [0.2, 0.25) is 0 Å². The molecule has 2 amide bonds. The van der Waals surface area contributed by atoms with Crippen LogP contribution in [0.5, 0.6) is 5.88 Å². The molecule has 32 heavy (non-hydrogen) atoms. The lowest BCUT2D eigenvalue weighted by Gasteiger charge is -2.32. The molecule has 1 saturated heterocycles. The van der Waals surface area contributed by atoms with Crippen molar-refractivity contribution in [2.75, 3.05) is 19.8 Å². The summed E-state index contributed by atoms with van der Waals surface area (Å²) in [5.41, 5.74) is -0.0586. The quantitative estimate of drug-likeness (QED) is 0.644. The number of hydrogen-bond donors (Lipinski definition) is 2. The molecule has 2 aromatic heterocycles. The highest BCUT2D eigenvalue weighted by molar-refractivity contribution is 5.97. The van der Waals surface area contributed by atoms with Gasteiger partial charge in [-0.2, -0.15) is 9.61 Å². The summed E-state index contributed by atoms with van der Waals surface area (Å²) < 4.78 is 8.01. The molecule has 0 aromatic carbocycles. The number of amides is 2. The molecule has 0 bridgehead atoms. The van der Waals surface area contributed by atoms with Crippen molar-refractivity contribution in [1.29, 1.82) is 0 Å². The Morgan fingerprint density at radius 1 is 1.38 bits per heavy atom. The molecular formula is C22H29N5O5. The van der Waals surface area contributed by atoms with Gasteiger partial charge in [-0.05, 0) is 31.8 Å². The van der Waals surface area contributed by atoms with Crippen LogP contribution in [0.25, 0.3) is 11.7 Å². The second-order valence-corrected chi connectivity index (χ2v) is 8.88. The largest absolute Gasteiger partial charge is 0.492 e. The lowest BCUT2D eigenvalue weighted by Crippen LogP contribution is -2.46. The molecule has 1 saturated carbocycles. The minimum Gasteiger partial charge on any atom is -0.492 e. The van der Waals surface area contributed by atoms with Gasteiger partial charge in [0.2, 0.25) is 11.8 Å². The van der Waals surface area contributed by atoms with E-state index in [0.717, 1.165) is 12.8 Å². The molecule has 1 aliphatic heterocycles. The maximum atomic E-state index is 13.2. The average Bonchev–Trinajstić information content (AvgIpc) is 3.45. The Morgan fingerprint density at radius 2 is 2.12 bits per heavy atom. The van der Waals surface area contributed by atoms with Crippen LogP contribution in [0.15, 0.2) is 17.1 Å². The fourth-order valence-corrected chi connectivity index (χ4v) is 3.86. The summed E-state index contributed by atoms with van der Waals surface area (Å²) >= 11 is 0. The van der Waals surface area contributed by atoms with Crippen molar-refractivity contribution in [2.45, 2.75) is 52.2 Å². The molecular weight excluding hydrogens is 414 g/mol. The summed E-state index contributed by atoms with van der Waals surface area (Å²) in [5, 5.41) is 17.7. The Balaban J connectivity index is 1.75. The van der Waals surface area contributed by atoms with Crippen LogP contribution in [-0.4, -0.2) is 67.8 Å². The fraction of sp³-hybridized carbons (Fsp3) is 0.545.